The van der Waals surface area contributed by atoms with Crippen LogP contribution in [-0.2, 0) is 14.9 Å². The Morgan fingerprint density at radius 3 is 2.67 bits per heavy atom. The van der Waals surface area contributed by atoms with Gasteiger partial charge < -0.3 is 24.3 Å². The number of hydrogen-bond donors (Lipinski definition) is 2. The molecule has 0 bridgehead atoms. The lowest BCUT2D eigenvalue weighted by atomic mass is 9.96. The van der Waals surface area contributed by atoms with Gasteiger partial charge in [0.1, 0.15) is 18.3 Å². The second-order valence-corrected chi connectivity index (χ2v) is 10.3. The number of H-pyrrole nitrogens is 1. The van der Waals surface area contributed by atoms with Crippen molar-refractivity contribution >= 4 is 34.4 Å². The summed E-state index contributed by atoms with van der Waals surface area (Å²) in [6.07, 6.45) is 3.25. The van der Waals surface area contributed by atoms with Gasteiger partial charge in [-0.05, 0) is 30.7 Å². The highest BCUT2D eigenvalue weighted by atomic mass is 35.5. The Hall–Kier alpha value is -1.77. The van der Waals surface area contributed by atoms with Gasteiger partial charge in [0.25, 0.3) is 0 Å². The first-order chi connectivity index (χ1) is 15.6. The third-order valence-corrected chi connectivity index (χ3v) is 7.97. The van der Waals surface area contributed by atoms with E-state index in [-0.39, 0.29) is 32.3 Å². The molecule has 1 aliphatic carbocycles. The van der Waals surface area contributed by atoms with Crippen LogP contribution >= 0.6 is 23.4 Å². The average Bonchev–Trinajstić information content (AvgIpc) is 3.11. The van der Waals surface area contributed by atoms with Crippen LogP contribution in [-0.4, -0.2) is 64.7 Å². The maximum atomic E-state index is 9.92. The van der Waals surface area contributed by atoms with Gasteiger partial charge in [-0.15, -0.1) is 0 Å². The molecule has 4 atom stereocenters. The molecule has 2 aromatic heterocycles. The number of rotatable bonds is 6. The van der Waals surface area contributed by atoms with Crippen LogP contribution in [0.25, 0.3) is 22.3 Å². The maximum Gasteiger partial charge on any atom is 0.193 e. The summed E-state index contributed by atoms with van der Waals surface area (Å²) in [5.41, 5.74) is 5.12. The Morgan fingerprint density at radius 1 is 1.18 bits per heavy atom. The van der Waals surface area contributed by atoms with E-state index < -0.39 is 6.10 Å². The van der Waals surface area contributed by atoms with Crippen LogP contribution in [0.2, 0.25) is 5.02 Å². The molecule has 6 nitrogen and oxygen atoms in total. The molecule has 4 unspecified atom stereocenters. The summed E-state index contributed by atoms with van der Waals surface area (Å²) in [5, 5.41) is 10.5. The molecule has 0 amide bonds. The van der Waals surface area contributed by atoms with Crippen LogP contribution in [0.1, 0.15) is 25.8 Å². The molecule has 2 saturated heterocycles. The van der Waals surface area contributed by atoms with Crippen LogP contribution in [0.5, 0.6) is 5.88 Å². The van der Waals surface area contributed by atoms with E-state index in [4.69, 9.17) is 30.8 Å². The number of nitrogens with zero attached hydrogens (tertiary/aromatic N) is 1. The average molecular weight is 489 g/mol. The molecular formula is C25H29ClN2O4S. The molecule has 0 radical (unpaired) electrons. The summed E-state index contributed by atoms with van der Waals surface area (Å²) in [6, 6.07) is 12.5. The van der Waals surface area contributed by atoms with Crippen molar-refractivity contribution in [3.05, 3.63) is 47.0 Å². The second-order valence-electron chi connectivity index (χ2n) is 9.00. The van der Waals surface area contributed by atoms with Crippen LogP contribution in [0.3, 0.4) is 0 Å². The summed E-state index contributed by atoms with van der Waals surface area (Å²) < 4.78 is 17.4. The molecule has 176 valence electrons. The first-order valence-corrected chi connectivity index (χ1v) is 12.7. The minimum Gasteiger partial charge on any atom is -0.470 e. The van der Waals surface area contributed by atoms with E-state index in [1.807, 2.05) is 23.9 Å². The third kappa shape index (κ3) is 4.04. The topological polar surface area (TPSA) is 76.6 Å². The molecule has 3 aliphatic rings. The van der Waals surface area contributed by atoms with Crippen LogP contribution in [0.4, 0.5) is 0 Å². The summed E-state index contributed by atoms with van der Waals surface area (Å²) in [6.45, 7) is 0.658. The van der Waals surface area contributed by atoms with E-state index in [1.165, 1.54) is 24.2 Å². The number of aromatic amines is 1. The SMILES string of the molecule is C.CSCC1(c2ccc(-c3nc4cc(OC5COC6C(O)COC56)[nH]c4cc3Cl)cc2)CC1. The second kappa shape index (κ2) is 8.78. The number of aliphatic hydroxyl groups is 1. The number of halogens is 1. The lowest BCUT2D eigenvalue weighted by Gasteiger charge is -2.16. The number of hydrogen-bond acceptors (Lipinski definition) is 6. The largest absolute Gasteiger partial charge is 0.470 e. The third-order valence-electron chi connectivity index (χ3n) is 6.84. The van der Waals surface area contributed by atoms with Gasteiger partial charge in [0.15, 0.2) is 12.0 Å². The van der Waals surface area contributed by atoms with Gasteiger partial charge in [0, 0.05) is 22.8 Å². The van der Waals surface area contributed by atoms with Crippen molar-refractivity contribution in [2.45, 2.75) is 50.1 Å². The minimum absolute atomic E-state index is 0. The molecule has 3 fully saturated rings. The summed E-state index contributed by atoms with van der Waals surface area (Å²) in [5.74, 6) is 1.75. The highest BCUT2D eigenvalue weighted by molar-refractivity contribution is 7.98. The molecule has 1 aromatic carbocycles. The van der Waals surface area contributed by atoms with Gasteiger partial charge in [-0.1, -0.05) is 43.3 Å². The Labute approximate surface area is 203 Å². The smallest absolute Gasteiger partial charge is 0.193 e. The van der Waals surface area contributed by atoms with Crippen molar-refractivity contribution in [2.75, 3.05) is 25.2 Å². The number of aromatic nitrogens is 2. The zero-order valence-corrected chi connectivity index (χ0v) is 19.3. The van der Waals surface area contributed by atoms with E-state index in [2.05, 4.69) is 35.5 Å². The van der Waals surface area contributed by atoms with Gasteiger partial charge in [-0.2, -0.15) is 11.8 Å². The summed E-state index contributed by atoms with van der Waals surface area (Å²) >= 11 is 8.52. The van der Waals surface area contributed by atoms with Crippen molar-refractivity contribution in [3.63, 3.8) is 0 Å². The van der Waals surface area contributed by atoms with Gasteiger partial charge in [-0.25, -0.2) is 4.98 Å². The number of nitrogens with one attached hydrogen (secondary N) is 1. The molecule has 2 N–H and O–H groups in total. The van der Waals surface area contributed by atoms with E-state index >= 15 is 0 Å². The number of ether oxygens (including phenoxy) is 3. The van der Waals surface area contributed by atoms with Crippen molar-refractivity contribution in [2.24, 2.45) is 0 Å². The fraction of sp³-hybridized carbons (Fsp3) is 0.480. The molecule has 8 heteroatoms. The van der Waals surface area contributed by atoms with Crippen molar-refractivity contribution in [1.82, 2.24) is 9.97 Å². The quantitative estimate of drug-likeness (QED) is 0.518. The minimum atomic E-state index is -0.596. The Kier molecular flexibility index (Phi) is 6.12. The van der Waals surface area contributed by atoms with Crippen molar-refractivity contribution in [1.29, 1.82) is 0 Å². The summed E-state index contributed by atoms with van der Waals surface area (Å²) in [4.78, 5) is 8.05. The van der Waals surface area contributed by atoms with Crippen molar-refractivity contribution < 1.29 is 19.3 Å². The molecule has 0 spiro atoms. The normalized spacial score (nSPS) is 27.4. The monoisotopic (exact) mass is 488 g/mol. The van der Waals surface area contributed by atoms with Gasteiger partial charge >= 0.3 is 0 Å². The molecular weight excluding hydrogens is 460 g/mol. The Bertz CT molecular complexity index is 1150. The predicted molar refractivity (Wildman–Crippen MR) is 132 cm³/mol. The van der Waals surface area contributed by atoms with Gasteiger partial charge in [0.05, 0.1) is 35.0 Å². The molecule has 33 heavy (non-hydrogen) atoms. The van der Waals surface area contributed by atoms with Crippen LogP contribution < -0.4 is 4.74 Å². The lowest BCUT2D eigenvalue weighted by Crippen LogP contribution is -2.34. The van der Waals surface area contributed by atoms with E-state index in [9.17, 15) is 5.11 Å². The van der Waals surface area contributed by atoms with E-state index in [1.54, 1.807) is 0 Å². The first kappa shape index (κ1) is 23.0. The lowest BCUT2D eigenvalue weighted by molar-refractivity contribution is 0.00794. The highest BCUT2D eigenvalue weighted by Gasteiger charge is 2.48. The van der Waals surface area contributed by atoms with Crippen LogP contribution in [0.15, 0.2) is 36.4 Å². The molecule has 6 rings (SSSR count). The number of pyridine rings is 1. The fourth-order valence-electron chi connectivity index (χ4n) is 4.91. The zero-order chi connectivity index (χ0) is 21.9. The standard InChI is InChI=1S/C24H25ClN2O4S.CH4/c1-32-12-24(6-7-24)14-4-2-13(3-5-14)21-15(25)8-16-17(27-21)9-20(26-16)31-19-11-30-22-18(28)10-29-23(19)22;/h2-5,8-9,18-19,22-23,26,28H,6-7,10-12H2,1H3;1H4. The fourth-order valence-corrected chi connectivity index (χ4v) is 6.17. The maximum absolute atomic E-state index is 9.92. The summed E-state index contributed by atoms with van der Waals surface area (Å²) in [7, 11) is 0. The van der Waals surface area contributed by atoms with Gasteiger partial charge in [-0.3, -0.25) is 0 Å². The first-order valence-electron chi connectivity index (χ1n) is 10.9. The van der Waals surface area contributed by atoms with Crippen LogP contribution in [0, 0.1) is 0 Å². The highest BCUT2D eigenvalue weighted by Crippen LogP contribution is 2.50. The van der Waals surface area contributed by atoms with E-state index in [0.29, 0.717) is 22.9 Å². The number of fused-ring (bicyclic) bond motifs is 2. The number of aliphatic hydroxyl groups excluding tert-OH is 1. The molecule has 3 aromatic rings. The zero-order valence-electron chi connectivity index (χ0n) is 17.7. The molecule has 1 saturated carbocycles. The Balaban J connectivity index is 0.00000228. The number of thioether (sulfide) groups is 1. The van der Waals surface area contributed by atoms with Crippen molar-refractivity contribution in [3.8, 4) is 17.1 Å². The molecule has 2 aliphatic heterocycles. The Morgan fingerprint density at radius 2 is 1.94 bits per heavy atom. The van der Waals surface area contributed by atoms with E-state index in [0.717, 1.165) is 22.3 Å². The predicted octanol–water partition coefficient (Wildman–Crippen LogP) is 4.82. The number of benzene rings is 1. The van der Waals surface area contributed by atoms with Gasteiger partial charge in [0.2, 0.25) is 0 Å². The molecule has 4 heterocycles.